The van der Waals surface area contributed by atoms with Gasteiger partial charge in [-0.25, -0.2) is 0 Å². The van der Waals surface area contributed by atoms with Crippen molar-refractivity contribution < 1.29 is 0 Å². The highest BCUT2D eigenvalue weighted by molar-refractivity contribution is 5.63. The summed E-state index contributed by atoms with van der Waals surface area (Å²) in [7, 11) is 2.15. The molecule has 0 radical (unpaired) electrons. The van der Waals surface area contributed by atoms with Crippen molar-refractivity contribution in [2.45, 2.75) is 6.42 Å². The number of likely N-dealkylation sites (N-methyl/N-ethyl adjacent to an activating group) is 1. The third-order valence-electron chi connectivity index (χ3n) is 2.36. The van der Waals surface area contributed by atoms with Gasteiger partial charge in [0, 0.05) is 25.0 Å². The molecule has 0 saturated heterocycles. The van der Waals surface area contributed by atoms with Crippen LogP contribution in [0.5, 0.6) is 0 Å². The molecular weight excluding hydrogens is 148 g/mol. The van der Waals surface area contributed by atoms with Crippen molar-refractivity contribution in [1.82, 2.24) is 9.88 Å². The van der Waals surface area contributed by atoms with Crippen LogP contribution in [0.2, 0.25) is 0 Å². The highest BCUT2D eigenvalue weighted by atomic mass is 15.1. The fourth-order valence-electron chi connectivity index (χ4n) is 1.55. The van der Waals surface area contributed by atoms with Gasteiger partial charge in [-0.3, -0.25) is 0 Å². The van der Waals surface area contributed by atoms with Gasteiger partial charge in [-0.05, 0) is 31.2 Å². The van der Waals surface area contributed by atoms with Crippen LogP contribution in [0, 0.1) is 0 Å². The number of aromatic amines is 1. The molecule has 2 heteroatoms. The quantitative estimate of drug-likeness (QED) is 0.666. The van der Waals surface area contributed by atoms with Gasteiger partial charge in [0.1, 0.15) is 0 Å². The number of H-pyrrole nitrogens is 1. The molecule has 64 valence electrons. The molecule has 0 aromatic carbocycles. The number of aromatic nitrogens is 1. The Morgan fingerprint density at radius 1 is 1.50 bits per heavy atom. The molecule has 1 aliphatic heterocycles. The minimum atomic E-state index is 1.08. The summed E-state index contributed by atoms with van der Waals surface area (Å²) in [6.07, 6.45) is 5.45. The van der Waals surface area contributed by atoms with E-state index < -0.39 is 0 Å². The van der Waals surface area contributed by atoms with Crippen molar-refractivity contribution in [3.8, 4) is 0 Å². The molecule has 0 amide bonds. The second kappa shape index (κ2) is 3.15. The second-order valence-corrected chi connectivity index (χ2v) is 3.33. The lowest BCUT2D eigenvalue weighted by Crippen LogP contribution is -2.23. The van der Waals surface area contributed by atoms with Crippen LogP contribution in [0.1, 0.15) is 12.1 Å². The summed E-state index contributed by atoms with van der Waals surface area (Å²) >= 11 is 0. The summed E-state index contributed by atoms with van der Waals surface area (Å²) in [5.74, 6) is 0. The Balaban J connectivity index is 2.16. The van der Waals surface area contributed by atoms with E-state index in [2.05, 4.69) is 35.1 Å². The van der Waals surface area contributed by atoms with Crippen molar-refractivity contribution in [2.24, 2.45) is 0 Å². The number of nitrogens with one attached hydrogen (secondary N) is 1. The largest absolute Gasteiger partial charge is 0.361 e. The monoisotopic (exact) mass is 162 g/mol. The SMILES string of the molecule is CN1CC=C(c2ccc[nH]2)CC1. The first kappa shape index (κ1) is 7.62. The van der Waals surface area contributed by atoms with Gasteiger partial charge >= 0.3 is 0 Å². The first-order valence-electron chi connectivity index (χ1n) is 4.37. The van der Waals surface area contributed by atoms with Gasteiger partial charge < -0.3 is 9.88 Å². The summed E-state index contributed by atoms with van der Waals surface area (Å²) < 4.78 is 0. The van der Waals surface area contributed by atoms with Crippen LogP contribution in [-0.4, -0.2) is 30.0 Å². The molecule has 1 aromatic rings. The lowest BCUT2D eigenvalue weighted by Gasteiger charge is -2.21. The summed E-state index contributed by atoms with van der Waals surface area (Å²) in [4.78, 5) is 5.56. The molecule has 1 N–H and O–H groups in total. The van der Waals surface area contributed by atoms with E-state index >= 15 is 0 Å². The van der Waals surface area contributed by atoms with Gasteiger partial charge in [0.2, 0.25) is 0 Å². The third kappa shape index (κ3) is 1.43. The van der Waals surface area contributed by atoms with Crippen molar-refractivity contribution in [2.75, 3.05) is 20.1 Å². The first-order chi connectivity index (χ1) is 5.86. The highest BCUT2D eigenvalue weighted by Gasteiger charge is 2.08. The molecule has 0 unspecified atom stereocenters. The molecule has 0 aliphatic carbocycles. The standard InChI is InChI=1S/C10H14N2/c1-12-7-4-9(5-8-12)10-3-2-6-11-10/h2-4,6,11H,5,7-8H2,1H3. The predicted octanol–water partition coefficient (Wildman–Crippen LogP) is 1.73. The average molecular weight is 162 g/mol. The Morgan fingerprint density at radius 2 is 2.42 bits per heavy atom. The molecule has 0 spiro atoms. The average Bonchev–Trinajstić information content (AvgIpc) is 2.58. The lowest BCUT2D eigenvalue weighted by atomic mass is 10.1. The van der Waals surface area contributed by atoms with Crippen LogP contribution in [0.15, 0.2) is 24.4 Å². The third-order valence-corrected chi connectivity index (χ3v) is 2.36. The fourth-order valence-corrected chi connectivity index (χ4v) is 1.55. The predicted molar refractivity (Wildman–Crippen MR) is 50.9 cm³/mol. The van der Waals surface area contributed by atoms with E-state index in [0.29, 0.717) is 0 Å². The van der Waals surface area contributed by atoms with E-state index in [1.807, 2.05) is 6.20 Å². The van der Waals surface area contributed by atoms with Gasteiger partial charge in [0.15, 0.2) is 0 Å². The maximum absolute atomic E-state index is 3.23. The van der Waals surface area contributed by atoms with Crippen molar-refractivity contribution in [3.05, 3.63) is 30.1 Å². The van der Waals surface area contributed by atoms with Crippen LogP contribution in [0.25, 0.3) is 5.57 Å². The minimum absolute atomic E-state index is 1.08. The maximum atomic E-state index is 3.23. The van der Waals surface area contributed by atoms with Gasteiger partial charge in [-0.2, -0.15) is 0 Å². The van der Waals surface area contributed by atoms with Crippen molar-refractivity contribution in [1.29, 1.82) is 0 Å². The van der Waals surface area contributed by atoms with Gasteiger partial charge in [0.25, 0.3) is 0 Å². The Kier molecular flexibility index (Phi) is 2.00. The van der Waals surface area contributed by atoms with Crippen LogP contribution in [0.4, 0.5) is 0 Å². The van der Waals surface area contributed by atoms with Gasteiger partial charge in [-0.15, -0.1) is 0 Å². The normalized spacial score (nSPS) is 19.2. The number of nitrogens with zero attached hydrogens (tertiary/aromatic N) is 1. The molecule has 2 heterocycles. The van der Waals surface area contributed by atoms with Crippen LogP contribution in [0.3, 0.4) is 0 Å². The van der Waals surface area contributed by atoms with Gasteiger partial charge in [0.05, 0.1) is 0 Å². The summed E-state index contributed by atoms with van der Waals surface area (Å²) in [6.45, 7) is 2.25. The second-order valence-electron chi connectivity index (χ2n) is 3.33. The first-order valence-corrected chi connectivity index (χ1v) is 4.37. The molecule has 1 aromatic heterocycles. The summed E-state index contributed by atoms with van der Waals surface area (Å²) in [5.41, 5.74) is 2.74. The maximum Gasteiger partial charge on any atom is 0.0410 e. The topological polar surface area (TPSA) is 19.0 Å². The van der Waals surface area contributed by atoms with E-state index in [9.17, 15) is 0 Å². The highest BCUT2D eigenvalue weighted by Crippen LogP contribution is 2.19. The minimum Gasteiger partial charge on any atom is -0.361 e. The lowest BCUT2D eigenvalue weighted by molar-refractivity contribution is 0.370. The van der Waals surface area contributed by atoms with Gasteiger partial charge in [-0.1, -0.05) is 6.08 Å². The number of hydrogen-bond acceptors (Lipinski definition) is 1. The van der Waals surface area contributed by atoms with E-state index in [0.717, 1.165) is 13.0 Å². The van der Waals surface area contributed by atoms with E-state index in [4.69, 9.17) is 0 Å². The molecule has 0 bridgehead atoms. The zero-order chi connectivity index (χ0) is 8.39. The van der Waals surface area contributed by atoms with Crippen LogP contribution < -0.4 is 0 Å². The van der Waals surface area contributed by atoms with Crippen LogP contribution in [-0.2, 0) is 0 Å². The molecule has 2 rings (SSSR count). The molecule has 12 heavy (non-hydrogen) atoms. The van der Waals surface area contributed by atoms with E-state index in [1.54, 1.807) is 0 Å². The molecule has 0 saturated carbocycles. The molecular formula is C10H14N2. The Labute approximate surface area is 72.9 Å². The zero-order valence-corrected chi connectivity index (χ0v) is 7.38. The molecule has 1 aliphatic rings. The zero-order valence-electron chi connectivity index (χ0n) is 7.38. The Bertz CT molecular complexity index is 272. The number of hydrogen-bond donors (Lipinski definition) is 1. The van der Waals surface area contributed by atoms with Crippen molar-refractivity contribution >= 4 is 5.57 Å². The molecule has 0 atom stereocenters. The van der Waals surface area contributed by atoms with Crippen LogP contribution >= 0.6 is 0 Å². The Morgan fingerprint density at radius 3 is 3.00 bits per heavy atom. The smallest absolute Gasteiger partial charge is 0.0410 e. The summed E-state index contributed by atoms with van der Waals surface area (Å²) in [5, 5.41) is 0. The molecule has 0 fully saturated rings. The van der Waals surface area contributed by atoms with E-state index in [1.165, 1.54) is 17.8 Å². The van der Waals surface area contributed by atoms with Crippen molar-refractivity contribution in [3.63, 3.8) is 0 Å². The van der Waals surface area contributed by atoms with E-state index in [-0.39, 0.29) is 0 Å². The molecule has 2 nitrogen and oxygen atoms in total. The number of rotatable bonds is 1. The Hall–Kier alpha value is -1.02. The fraction of sp³-hybridized carbons (Fsp3) is 0.400. The summed E-state index contributed by atoms with van der Waals surface area (Å²) in [6, 6.07) is 4.19.